The van der Waals surface area contributed by atoms with Gasteiger partial charge >= 0.3 is 5.69 Å². The lowest BCUT2D eigenvalue weighted by molar-refractivity contribution is 0.555. The molecule has 0 aliphatic heterocycles. The van der Waals surface area contributed by atoms with Gasteiger partial charge in [-0.1, -0.05) is 13.8 Å². The van der Waals surface area contributed by atoms with Gasteiger partial charge in [0.1, 0.15) is 11.3 Å². The van der Waals surface area contributed by atoms with Crippen LogP contribution in [0, 0.1) is 0 Å². The number of hydrogen-bond acceptors (Lipinski definition) is 4. The summed E-state index contributed by atoms with van der Waals surface area (Å²) >= 11 is 0. The predicted octanol–water partition coefficient (Wildman–Crippen LogP) is 1.75. The van der Waals surface area contributed by atoms with Gasteiger partial charge in [0.25, 0.3) is 5.56 Å². The van der Waals surface area contributed by atoms with Crippen molar-refractivity contribution in [3.63, 3.8) is 0 Å². The molecular formula is C20H27N7O2. The lowest BCUT2D eigenvalue weighted by Gasteiger charge is -2.17. The summed E-state index contributed by atoms with van der Waals surface area (Å²) in [5.41, 5.74) is 7.64. The molecule has 1 aromatic carbocycles. The Bertz CT molecular complexity index is 1150. The highest BCUT2D eigenvalue weighted by Gasteiger charge is 2.17. The number of aryl methyl sites for hydroxylation is 1. The van der Waals surface area contributed by atoms with Crippen molar-refractivity contribution in [2.24, 2.45) is 10.7 Å². The zero-order chi connectivity index (χ0) is 21.1. The molecule has 3 rings (SSSR count). The minimum absolute atomic E-state index is 0.310. The van der Waals surface area contributed by atoms with E-state index in [-0.39, 0.29) is 11.2 Å². The maximum absolute atomic E-state index is 12.8. The number of nitrogens with two attached hydrogens (primary N) is 1. The molecule has 0 saturated carbocycles. The molecule has 0 aliphatic rings. The Morgan fingerprint density at radius 2 is 1.76 bits per heavy atom. The summed E-state index contributed by atoms with van der Waals surface area (Å²) in [5, 5.41) is 0. The van der Waals surface area contributed by atoms with E-state index >= 15 is 0 Å². The monoisotopic (exact) mass is 397 g/mol. The first-order valence-electron chi connectivity index (χ1n) is 9.72. The number of aromatic amines is 1. The number of rotatable bonds is 6. The van der Waals surface area contributed by atoms with Crippen molar-refractivity contribution in [2.75, 3.05) is 19.0 Å². The molecule has 0 saturated heterocycles. The van der Waals surface area contributed by atoms with Crippen molar-refractivity contribution in [1.82, 2.24) is 19.1 Å². The van der Waals surface area contributed by atoms with Gasteiger partial charge in [-0.25, -0.2) is 9.78 Å². The summed E-state index contributed by atoms with van der Waals surface area (Å²) in [6, 6.07) is 7.57. The van der Waals surface area contributed by atoms with Crippen LogP contribution in [0.5, 0.6) is 0 Å². The minimum Gasteiger partial charge on any atom is -0.370 e. The molecular weight excluding hydrogens is 370 g/mol. The summed E-state index contributed by atoms with van der Waals surface area (Å²) < 4.78 is 2.86. The minimum atomic E-state index is -0.332. The van der Waals surface area contributed by atoms with E-state index in [9.17, 15) is 9.59 Å². The van der Waals surface area contributed by atoms with Gasteiger partial charge in [0.15, 0.2) is 11.6 Å². The average Bonchev–Trinajstić information content (AvgIpc) is 3.18. The van der Waals surface area contributed by atoms with E-state index in [4.69, 9.17) is 5.73 Å². The number of fused-ring (bicyclic) bond motifs is 1. The first kappa shape index (κ1) is 20.4. The molecule has 0 aliphatic carbocycles. The zero-order valence-electron chi connectivity index (χ0n) is 17.3. The van der Waals surface area contributed by atoms with Gasteiger partial charge in [0, 0.05) is 38.4 Å². The van der Waals surface area contributed by atoms with E-state index in [2.05, 4.69) is 15.0 Å². The first-order valence-corrected chi connectivity index (χ1v) is 9.72. The second-order valence-electron chi connectivity index (χ2n) is 6.86. The van der Waals surface area contributed by atoms with Crippen LogP contribution in [0.15, 0.2) is 38.8 Å². The van der Waals surface area contributed by atoms with Crippen LogP contribution in [0.4, 0.5) is 5.69 Å². The smallest absolute Gasteiger partial charge is 0.332 e. The molecule has 29 heavy (non-hydrogen) atoms. The number of nitrogens with one attached hydrogen (secondary N) is 1. The topological polar surface area (TPSA) is 114 Å². The van der Waals surface area contributed by atoms with Crippen LogP contribution in [-0.4, -0.2) is 39.2 Å². The highest BCUT2D eigenvalue weighted by molar-refractivity contribution is 5.94. The SMILES string of the molecule is CCCn1c(=O)c2[nH]c(-c3ccc(N(C)C(N)=NC)cc3)nc2n(CCC)c1=O. The molecule has 0 bridgehead atoms. The van der Waals surface area contributed by atoms with Crippen molar-refractivity contribution in [3.05, 3.63) is 45.1 Å². The molecule has 0 unspecified atom stereocenters. The molecule has 0 radical (unpaired) electrons. The lowest BCUT2D eigenvalue weighted by atomic mass is 10.2. The maximum Gasteiger partial charge on any atom is 0.332 e. The van der Waals surface area contributed by atoms with Crippen LogP contribution in [0.1, 0.15) is 26.7 Å². The van der Waals surface area contributed by atoms with Crippen LogP contribution in [0.2, 0.25) is 0 Å². The number of aromatic nitrogens is 4. The largest absolute Gasteiger partial charge is 0.370 e. The van der Waals surface area contributed by atoms with Gasteiger partial charge in [-0.2, -0.15) is 0 Å². The maximum atomic E-state index is 12.8. The van der Waals surface area contributed by atoms with Crippen LogP contribution in [-0.2, 0) is 13.1 Å². The van der Waals surface area contributed by atoms with E-state index < -0.39 is 0 Å². The van der Waals surface area contributed by atoms with Crippen LogP contribution in [0.3, 0.4) is 0 Å². The quantitative estimate of drug-likeness (QED) is 0.486. The van der Waals surface area contributed by atoms with Crippen LogP contribution < -0.4 is 21.9 Å². The Kier molecular flexibility index (Phi) is 5.86. The Hall–Kier alpha value is -3.36. The zero-order valence-corrected chi connectivity index (χ0v) is 17.3. The third kappa shape index (κ3) is 3.67. The number of benzene rings is 1. The van der Waals surface area contributed by atoms with E-state index in [0.717, 1.165) is 17.7 Å². The van der Waals surface area contributed by atoms with E-state index in [1.807, 2.05) is 45.2 Å². The van der Waals surface area contributed by atoms with Gasteiger partial charge in [-0.15, -0.1) is 0 Å². The summed E-state index contributed by atoms with van der Waals surface area (Å²) in [4.78, 5) is 39.1. The fraction of sp³-hybridized carbons (Fsp3) is 0.400. The van der Waals surface area contributed by atoms with E-state index in [0.29, 0.717) is 42.5 Å². The van der Waals surface area contributed by atoms with Gasteiger partial charge in [-0.05, 0) is 37.1 Å². The lowest BCUT2D eigenvalue weighted by Crippen LogP contribution is -2.40. The van der Waals surface area contributed by atoms with Gasteiger partial charge in [0.2, 0.25) is 0 Å². The van der Waals surface area contributed by atoms with E-state index in [1.165, 1.54) is 4.57 Å². The number of nitrogens with zero attached hydrogens (tertiary/aromatic N) is 5. The molecule has 0 atom stereocenters. The summed E-state index contributed by atoms with van der Waals surface area (Å²) in [7, 11) is 3.47. The van der Waals surface area contributed by atoms with Crippen molar-refractivity contribution in [1.29, 1.82) is 0 Å². The van der Waals surface area contributed by atoms with Crippen molar-refractivity contribution in [2.45, 2.75) is 39.8 Å². The van der Waals surface area contributed by atoms with Gasteiger partial charge in [0.05, 0.1) is 0 Å². The first-order chi connectivity index (χ1) is 13.9. The highest BCUT2D eigenvalue weighted by atomic mass is 16.2. The highest BCUT2D eigenvalue weighted by Crippen LogP contribution is 2.22. The van der Waals surface area contributed by atoms with Crippen molar-refractivity contribution in [3.8, 4) is 11.4 Å². The second-order valence-corrected chi connectivity index (χ2v) is 6.86. The van der Waals surface area contributed by atoms with Crippen LogP contribution >= 0.6 is 0 Å². The Balaban J connectivity index is 2.12. The number of aliphatic imine (C=N–C) groups is 1. The molecule has 0 fully saturated rings. The number of hydrogen-bond donors (Lipinski definition) is 2. The molecule has 9 nitrogen and oxygen atoms in total. The normalized spacial score (nSPS) is 11.9. The Morgan fingerprint density at radius 1 is 1.14 bits per heavy atom. The second kappa shape index (κ2) is 8.34. The van der Waals surface area contributed by atoms with Crippen molar-refractivity contribution < 1.29 is 0 Å². The molecule has 154 valence electrons. The average molecular weight is 397 g/mol. The van der Waals surface area contributed by atoms with Crippen molar-refractivity contribution >= 4 is 22.8 Å². The summed E-state index contributed by atoms with van der Waals surface area (Å²) in [6.07, 6.45) is 1.47. The molecule has 2 heterocycles. The Labute approximate surface area is 168 Å². The number of imidazole rings is 1. The molecule has 2 aromatic heterocycles. The third-order valence-electron chi connectivity index (χ3n) is 4.86. The Morgan fingerprint density at radius 3 is 2.34 bits per heavy atom. The fourth-order valence-electron chi connectivity index (χ4n) is 3.27. The van der Waals surface area contributed by atoms with E-state index in [1.54, 1.807) is 16.5 Å². The molecule has 0 amide bonds. The van der Waals surface area contributed by atoms with Gasteiger partial charge < -0.3 is 15.6 Å². The third-order valence-corrected chi connectivity index (χ3v) is 4.86. The summed E-state index contributed by atoms with van der Waals surface area (Å²) in [6.45, 7) is 4.81. The molecule has 0 spiro atoms. The standard InChI is InChI=1S/C20H27N7O2/c1-5-11-26-17-15(18(28)27(12-6-2)20(26)29)23-16(24-17)13-7-9-14(10-8-13)25(4)19(21)22-3/h7-10H,5-6,11-12H2,1-4H3,(H2,21,22)(H,23,24). The fourth-order valence-corrected chi connectivity index (χ4v) is 3.27. The molecule has 3 aromatic rings. The van der Waals surface area contributed by atoms with Gasteiger partial charge in [-0.3, -0.25) is 18.9 Å². The van der Waals surface area contributed by atoms with Crippen LogP contribution in [0.25, 0.3) is 22.6 Å². The summed E-state index contributed by atoms with van der Waals surface area (Å²) in [5.74, 6) is 0.948. The molecule has 3 N–H and O–H groups in total. The molecule has 9 heteroatoms. The predicted molar refractivity (Wildman–Crippen MR) is 117 cm³/mol. The number of H-pyrrole nitrogens is 1. The number of anilines is 1. The number of guanidine groups is 1.